The van der Waals surface area contributed by atoms with E-state index in [4.69, 9.17) is 0 Å². The number of aromatic amines is 1. The van der Waals surface area contributed by atoms with E-state index in [1.165, 1.54) is 0 Å². The maximum atomic E-state index is 13.0. The van der Waals surface area contributed by atoms with E-state index in [0.29, 0.717) is 34.6 Å². The molecule has 30 heavy (non-hydrogen) atoms. The number of carbonyl (C=O) groups excluding carboxylic acids is 3. The lowest BCUT2D eigenvalue weighted by molar-refractivity contribution is -0.118. The van der Waals surface area contributed by atoms with Crippen molar-refractivity contribution in [2.45, 2.75) is 20.3 Å². The molecular weight excluding hydrogens is 384 g/mol. The average molecular weight is 404 g/mol. The zero-order valence-corrected chi connectivity index (χ0v) is 16.5. The molecule has 4 amide bonds. The van der Waals surface area contributed by atoms with Gasteiger partial charge in [0.1, 0.15) is 5.56 Å². The van der Waals surface area contributed by atoms with Gasteiger partial charge in [-0.2, -0.15) is 0 Å². The minimum absolute atomic E-state index is 0.0188. The summed E-state index contributed by atoms with van der Waals surface area (Å²) in [7, 11) is 0. The molecule has 1 aromatic heterocycles. The molecule has 3 N–H and O–H groups in total. The zero-order chi connectivity index (χ0) is 21.4. The van der Waals surface area contributed by atoms with E-state index in [0.717, 1.165) is 10.3 Å². The molecule has 2 heterocycles. The van der Waals surface area contributed by atoms with Gasteiger partial charge in [0, 0.05) is 29.6 Å². The predicted octanol–water partition coefficient (Wildman–Crippen LogP) is 2.84. The van der Waals surface area contributed by atoms with E-state index in [1.807, 2.05) is 18.2 Å². The molecule has 1 saturated heterocycles. The van der Waals surface area contributed by atoms with Crippen LogP contribution in [0.1, 0.15) is 27.9 Å². The van der Waals surface area contributed by atoms with Crippen molar-refractivity contribution in [3.63, 3.8) is 0 Å². The second kappa shape index (κ2) is 7.47. The van der Waals surface area contributed by atoms with Gasteiger partial charge in [0.15, 0.2) is 0 Å². The summed E-state index contributed by atoms with van der Waals surface area (Å²) in [6, 6.07) is 11.7. The van der Waals surface area contributed by atoms with Crippen LogP contribution in [0.25, 0.3) is 10.9 Å². The number of fused-ring (bicyclic) bond motifs is 1. The zero-order valence-electron chi connectivity index (χ0n) is 16.5. The number of nitrogens with one attached hydrogen (secondary N) is 3. The van der Waals surface area contributed by atoms with E-state index in [2.05, 4.69) is 15.6 Å². The van der Waals surface area contributed by atoms with Crippen molar-refractivity contribution in [2.75, 3.05) is 16.8 Å². The molecule has 0 bridgehead atoms. The molecule has 4 rings (SSSR count). The Hall–Kier alpha value is -3.94. The Morgan fingerprint density at radius 2 is 1.77 bits per heavy atom. The molecule has 8 nitrogen and oxygen atoms in total. The summed E-state index contributed by atoms with van der Waals surface area (Å²) >= 11 is 0. The number of aryl methyl sites for hydroxylation is 1. The van der Waals surface area contributed by atoms with Crippen molar-refractivity contribution in [3.05, 3.63) is 69.5 Å². The van der Waals surface area contributed by atoms with Gasteiger partial charge >= 0.3 is 6.03 Å². The average Bonchev–Trinajstić information content (AvgIpc) is 2.70. The second-order valence-electron chi connectivity index (χ2n) is 7.11. The van der Waals surface area contributed by atoms with Crippen LogP contribution in [-0.2, 0) is 4.79 Å². The summed E-state index contributed by atoms with van der Waals surface area (Å²) in [6.45, 7) is 3.73. The Balaban J connectivity index is 1.71. The van der Waals surface area contributed by atoms with Crippen LogP contribution in [0, 0.1) is 13.8 Å². The van der Waals surface area contributed by atoms with Crippen LogP contribution >= 0.6 is 0 Å². The summed E-state index contributed by atoms with van der Waals surface area (Å²) < 4.78 is 0. The van der Waals surface area contributed by atoms with Gasteiger partial charge in [0.25, 0.3) is 11.5 Å². The molecule has 1 aliphatic heterocycles. The first kappa shape index (κ1) is 19.4. The molecule has 0 unspecified atom stereocenters. The molecule has 1 aliphatic rings. The summed E-state index contributed by atoms with van der Waals surface area (Å²) in [5.74, 6) is -0.874. The fraction of sp³-hybridized carbons (Fsp3) is 0.182. The van der Waals surface area contributed by atoms with Crippen molar-refractivity contribution in [1.29, 1.82) is 0 Å². The molecule has 152 valence electrons. The highest BCUT2D eigenvalue weighted by atomic mass is 16.2. The van der Waals surface area contributed by atoms with Gasteiger partial charge < -0.3 is 15.6 Å². The van der Waals surface area contributed by atoms with Crippen LogP contribution in [0.15, 0.2) is 47.3 Å². The molecule has 0 atom stereocenters. The van der Waals surface area contributed by atoms with E-state index in [1.54, 1.807) is 38.1 Å². The molecule has 0 radical (unpaired) electrons. The lowest BCUT2D eigenvalue weighted by Gasteiger charge is -2.27. The number of aromatic nitrogens is 1. The van der Waals surface area contributed by atoms with Gasteiger partial charge in [-0.3, -0.25) is 14.4 Å². The van der Waals surface area contributed by atoms with Gasteiger partial charge in [-0.05, 0) is 43.2 Å². The fourth-order valence-corrected chi connectivity index (χ4v) is 3.69. The number of rotatable bonds is 3. The second-order valence-corrected chi connectivity index (χ2v) is 7.11. The number of nitrogens with zero attached hydrogens (tertiary/aromatic N) is 1. The topological polar surface area (TPSA) is 111 Å². The SMILES string of the molecule is Cc1c(NC(=O)c2c(C)c3ccccc3[nH]c2=O)cccc1N1C(=O)CCNC1=O. The van der Waals surface area contributed by atoms with Gasteiger partial charge in [0.2, 0.25) is 5.91 Å². The number of para-hydroxylation sites is 1. The number of benzene rings is 2. The Kier molecular flexibility index (Phi) is 4.83. The molecular formula is C22H20N4O4. The largest absolute Gasteiger partial charge is 0.337 e. The van der Waals surface area contributed by atoms with E-state index in [9.17, 15) is 19.2 Å². The summed E-state index contributed by atoms with van der Waals surface area (Å²) in [6.07, 6.45) is 0.202. The number of hydrogen-bond donors (Lipinski definition) is 3. The molecule has 2 aromatic carbocycles. The van der Waals surface area contributed by atoms with Crippen LogP contribution in [0.2, 0.25) is 0 Å². The lowest BCUT2D eigenvalue weighted by atomic mass is 10.0. The van der Waals surface area contributed by atoms with E-state index < -0.39 is 17.5 Å². The van der Waals surface area contributed by atoms with Crippen LogP contribution in [-0.4, -0.2) is 29.4 Å². The molecule has 1 fully saturated rings. The monoisotopic (exact) mass is 404 g/mol. The standard InChI is InChI=1S/C22H20N4O4/c1-12-14-6-3-4-7-16(14)25-21(29)19(12)20(28)24-15-8-5-9-17(13(15)2)26-18(27)10-11-23-22(26)30/h3-9H,10-11H2,1-2H3,(H,23,30)(H,24,28)(H,25,29). The number of amides is 4. The summed E-state index contributed by atoms with van der Waals surface area (Å²) in [5, 5.41) is 6.17. The Morgan fingerprint density at radius 3 is 2.53 bits per heavy atom. The normalized spacial score (nSPS) is 14.0. The number of pyridine rings is 1. The van der Waals surface area contributed by atoms with Crippen molar-refractivity contribution in [3.8, 4) is 0 Å². The third-order valence-electron chi connectivity index (χ3n) is 5.27. The van der Waals surface area contributed by atoms with Crippen LogP contribution < -0.4 is 21.1 Å². The Bertz CT molecular complexity index is 1250. The van der Waals surface area contributed by atoms with Crippen molar-refractivity contribution in [1.82, 2.24) is 10.3 Å². The van der Waals surface area contributed by atoms with Gasteiger partial charge in [-0.15, -0.1) is 0 Å². The number of urea groups is 1. The van der Waals surface area contributed by atoms with Crippen LogP contribution in [0.5, 0.6) is 0 Å². The number of carbonyl (C=O) groups is 3. The Morgan fingerprint density at radius 1 is 1.00 bits per heavy atom. The third kappa shape index (κ3) is 3.22. The van der Waals surface area contributed by atoms with Crippen LogP contribution in [0.3, 0.4) is 0 Å². The van der Waals surface area contributed by atoms with E-state index >= 15 is 0 Å². The number of hydrogen-bond acceptors (Lipinski definition) is 4. The highest BCUT2D eigenvalue weighted by Gasteiger charge is 2.29. The number of H-pyrrole nitrogens is 1. The molecule has 0 spiro atoms. The number of imide groups is 1. The summed E-state index contributed by atoms with van der Waals surface area (Å²) in [5.41, 5.74) is 2.12. The predicted molar refractivity (Wildman–Crippen MR) is 114 cm³/mol. The minimum atomic E-state index is -0.561. The molecule has 3 aromatic rings. The maximum Gasteiger partial charge on any atom is 0.328 e. The fourth-order valence-electron chi connectivity index (χ4n) is 3.69. The minimum Gasteiger partial charge on any atom is -0.337 e. The van der Waals surface area contributed by atoms with Gasteiger partial charge in [-0.25, -0.2) is 9.69 Å². The van der Waals surface area contributed by atoms with Crippen molar-refractivity contribution < 1.29 is 14.4 Å². The molecule has 0 saturated carbocycles. The van der Waals surface area contributed by atoms with Crippen molar-refractivity contribution >= 4 is 40.1 Å². The summed E-state index contributed by atoms with van der Waals surface area (Å²) in [4.78, 5) is 53.8. The van der Waals surface area contributed by atoms with E-state index in [-0.39, 0.29) is 17.9 Å². The number of anilines is 2. The first-order valence-corrected chi connectivity index (χ1v) is 9.52. The molecule has 0 aliphatic carbocycles. The maximum absolute atomic E-state index is 13.0. The highest BCUT2D eigenvalue weighted by Crippen LogP contribution is 2.29. The van der Waals surface area contributed by atoms with Gasteiger partial charge in [0.05, 0.1) is 5.69 Å². The molecule has 8 heteroatoms. The first-order valence-electron chi connectivity index (χ1n) is 9.52. The quantitative estimate of drug-likeness (QED) is 0.623. The van der Waals surface area contributed by atoms with Gasteiger partial charge in [-0.1, -0.05) is 24.3 Å². The third-order valence-corrected chi connectivity index (χ3v) is 5.27. The highest BCUT2D eigenvalue weighted by molar-refractivity contribution is 6.17. The van der Waals surface area contributed by atoms with Crippen LogP contribution in [0.4, 0.5) is 16.2 Å². The lowest BCUT2D eigenvalue weighted by Crippen LogP contribution is -2.50. The first-order chi connectivity index (χ1) is 14.4. The smallest absolute Gasteiger partial charge is 0.328 e. The Labute approximate surface area is 171 Å². The van der Waals surface area contributed by atoms with Crippen molar-refractivity contribution in [2.24, 2.45) is 0 Å².